The van der Waals surface area contributed by atoms with Crippen LogP contribution in [0.4, 0.5) is 5.13 Å². The van der Waals surface area contributed by atoms with Gasteiger partial charge in [-0.3, -0.25) is 9.69 Å². The minimum absolute atomic E-state index is 0.000818. The minimum atomic E-state index is -3.34. The molecule has 4 aromatic rings. The van der Waals surface area contributed by atoms with Crippen LogP contribution in [0.1, 0.15) is 23.0 Å². The van der Waals surface area contributed by atoms with Gasteiger partial charge in [0.1, 0.15) is 5.76 Å². The molecule has 0 atom stereocenters. The lowest BCUT2D eigenvalue weighted by Crippen LogP contribution is -2.30. The summed E-state index contributed by atoms with van der Waals surface area (Å²) in [4.78, 5) is 19.6. The van der Waals surface area contributed by atoms with E-state index in [2.05, 4.69) is 4.98 Å². The Morgan fingerprint density at radius 3 is 2.60 bits per heavy atom. The summed E-state index contributed by atoms with van der Waals surface area (Å²) in [6.07, 6.45) is 1.54. The number of furan rings is 1. The SMILES string of the molecule is CCS(=O)(=O)c1ccc(C(=O)N(Cc2ccco2)c2nc3ccc(Cl)cc3s2)cc1. The summed E-state index contributed by atoms with van der Waals surface area (Å²) in [6, 6.07) is 14.8. The Bertz CT molecular complexity index is 1300. The number of carbonyl (C=O) groups excluding carboxylic acids is 1. The third-order valence-electron chi connectivity index (χ3n) is 4.55. The fourth-order valence-corrected chi connectivity index (χ4v) is 5.04. The first-order valence-electron chi connectivity index (χ1n) is 9.10. The van der Waals surface area contributed by atoms with Crippen molar-refractivity contribution in [3.8, 4) is 0 Å². The number of hydrogen-bond donors (Lipinski definition) is 0. The van der Waals surface area contributed by atoms with E-state index >= 15 is 0 Å². The lowest BCUT2D eigenvalue weighted by molar-refractivity contribution is 0.0983. The van der Waals surface area contributed by atoms with Crippen molar-refractivity contribution in [1.82, 2.24) is 4.98 Å². The number of fused-ring (bicyclic) bond motifs is 1. The predicted molar refractivity (Wildman–Crippen MR) is 118 cm³/mol. The van der Waals surface area contributed by atoms with Gasteiger partial charge in [0.05, 0.1) is 33.7 Å². The lowest BCUT2D eigenvalue weighted by Gasteiger charge is -2.19. The lowest BCUT2D eigenvalue weighted by atomic mass is 10.2. The molecule has 30 heavy (non-hydrogen) atoms. The molecule has 0 bridgehead atoms. The van der Waals surface area contributed by atoms with E-state index < -0.39 is 9.84 Å². The second-order valence-corrected chi connectivity index (χ2v) is 10.2. The maximum atomic E-state index is 13.3. The zero-order chi connectivity index (χ0) is 21.3. The molecule has 0 aliphatic carbocycles. The van der Waals surface area contributed by atoms with Gasteiger partial charge in [0.2, 0.25) is 0 Å². The molecule has 1 amide bonds. The van der Waals surface area contributed by atoms with E-state index in [4.69, 9.17) is 16.0 Å². The topological polar surface area (TPSA) is 80.5 Å². The van der Waals surface area contributed by atoms with E-state index in [0.717, 1.165) is 10.2 Å². The van der Waals surface area contributed by atoms with Crippen LogP contribution >= 0.6 is 22.9 Å². The number of amides is 1. The molecule has 6 nitrogen and oxygen atoms in total. The summed E-state index contributed by atoms with van der Waals surface area (Å²) in [7, 11) is -3.34. The summed E-state index contributed by atoms with van der Waals surface area (Å²) < 4.78 is 30.4. The van der Waals surface area contributed by atoms with E-state index in [9.17, 15) is 13.2 Å². The third kappa shape index (κ3) is 4.12. The Hall–Kier alpha value is -2.68. The molecule has 0 unspecified atom stereocenters. The van der Waals surface area contributed by atoms with Crippen LogP contribution in [0.2, 0.25) is 5.02 Å². The molecule has 0 fully saturated rings. The van der Waals surface area contributed by atoms with Crippen LogP contribution in [0.15, 0.2) is 70.2 Å². The normalized spacial score (nSPS) is 11.7. The van der Waals surface area contributed by atoms with Crippen LogP contribution in [-0.4, -0.2) is 25.1 Å². The average Bonchev–Trinajstić information content (AvgIpc) is 3.40. The maximum Gasteiger partial charge on any atom is 0.260 e. The second-order valence-electron chi connectivity index (χ2n) is 6.51. The molecule has 0 aliphatic rings. The molecule has 0 saturated carbocycles. The molecule has 154 valence electrons. The molecule has 0 spiro atoms. The number of nitrogens with zero attached hydrogens (tertiary/aromatic N) is 2. The summed E-state index contributed by atoms with van der Waals surface area (Å²) in [5, 5.41) is 1.09. The van der Waals surface area contributed by atoms with Crippen molar-refractivity contribution in [2.24, 2.45) is 0 Å². The zero-order valence-electron chi connectivity index (χ0n) is 15.9. The van der Waals surface area contributed by atoms with Gasteiger partial charge in [-0.25, -0.2) is 13.4 Å². The first-order chi connectivity index (χ1) is 14.4. The van der Waals surface area contributed by atoms with Gasteiger partial charge >= 0.3 is 0 Å². The van der Waals surface area contributed by atoms with Crippen molar-refractivity contribution >= 4 is 54.0 Å². The monoisotopic (exact) mass is 460 g/mol. The average molecular weight is 461 g/mol. The van der Waals surface area contributed by atoms with Crippen molar-refractivity contribution in [3.63, 3.8) is 0 Å². The molecule has 0 aliphatic heterocycles. The highest BCUT2D eigenvalue weighted by Crippen LogP contribution is 2.32. The molecule has 9 heteroatoms. The minimum Gasteiger partial charge on any atom is -0.467 e. The van der Waals surface area contributed by atoms with Gasteiger partial charge in [-0.05, 0) is 54.6 Å². The Morgan fingerprint density at radius 1 is 1.17 bits per heavy atom. The van der Waals surface area contributed by atoms with Gasteiger partial charge in [0, 0.05) is 10.6 Å². The Morgan fingerprint density at radius 2 is 1.93 bits per heavy atom. The largest absolute Gasteiger partial charge is 0.467 e. The first kappa shape index (κ1) is 20.6. The van der Waals surface area contributed by atoms with Crippen molar-refractivity contribution in [2.45, 2.75) is 18.4 Å². The van der Waals surface area contributed by atoms with Crippen LogP contribution in [0, 0.1) is 0 Å². The van der Waals surface area contributed by atoms with Gasteiger partial charge in [-0.1, -0.05) is 29.9 Å². The number of thiazole rings is 1. The predicted octanol–water partition coefficient (Wildman–Crippen LogP) is 5.18. The Balaban J connectivity index is 1.72. The molecule has 2 heterocycles. The number of rotatable bonds is 6. The summed E-state index contributed by atoms with van der Waals surface area (Å²) >= 11 is 7.43. The van der Waals surface area contributed by atoms with Crippen molar-refractivity contribution in [1.29, 1.82) is 0 Å². The zero-order valence-corrected chi connectivity index (χ0v) is 18.3. The van der Waals surface area contributed by atoms with Crippen molar-refractivity contribution < 1.29 is 17.6 Å². The summed E-state index contributed by atoms with van der Waals surface area (Å²) in [5.74, 6) is 0.293. The van der Waals surface area contributed by atoms with E-state index in [-0.39, 0.29) is 23.1 Å². The second kappa shape index (κ2) is 8.22. The van der Waals surface area contributed by atoms with Crippen molar-refractivity contribution in [3.05, 3.63) is 77.2 Å². The summed E-state index contributed by atoms with van der Waals surface area (Å²) in [5.41, 5.74) is 1.09. The van der Waals surface area contributed by atoms with Gasteiger partial charge in [0.15, 0.2) is 15.0 Å². The first-order valence-corrected chi connectivity index (χ1v) is 12.0. The molecule has 0 N–H and O–H groups in total. The van der Waals surface area contributed by atoms with Crippen LogP contribution < -0.4 is 4.90 Å². The molecule has 4 rings (SSSR count). The number of hydrogen-bond acceptors (Lipinski definition) is 6. The van der Waals surface area contributed by atoms with Crippen LogP contribution in [0.3, 0.4) is 0 Å². The molecule has 2 aromatic heterocycles. The number of aromatic nitrogens is 1. The van der Waals surface area contributed by atoms with E-state index in [0.29, 0.717) is 21.5 Å². The number of halogens is 1. The number of anilines is 1. The Kier molecular flexibility index (Phi) is 5.64. The van der Waals surface area contributed by atoms with Gasteiger partial charge in [-0.15, -0.1) is 0 Å². The van der Waals surface area contributed by atoms with Crippen LogP contribution in [0.5, 0.6) is 0 Å². The van der Waals surface area contributed by atoms with E-state index in [1.54, 1.807) is 43.5 Å². The number of benzene rings is 2. The molecule has 0 radical (unpaired) electrons. The Labute approximate surface area is 182 Å². The quantitative estimate of drug-likeness (QED) is 0.396. The highest BCUT2D eigenvalue weighted by atomic mass is 35.5. The van der Waals surface area contributed by atoms with E-state index in [1.807, 2.05) is 0 Å². The van der Waals surface area contributed by atoms with Crippen molar-refractivity contribution in [2.75, 3.05) is 10.7 Å². The molecule has 0 saturated heterocycles. The van der Waals surface area contributed by atoms with Gasteiger partial charge in [-0.2, -0.15) is 0 Å². The fourth-order valence-electron chi connectivity index (χ4n) is 2.91. The highest BCUT2D eigenvalue weighted by molar-refractivity contribution is 7.91. The molecular formula is C21H17ClN2O4S2. The third-order valence-corrected chi connectivity index (χ3v) is 7.58. The highest BCUT2D eigenvalue weighted by Gasteiger charge is 2.23. The van der Waals surface area contributed by atoms with Gasteiger partial charge < -0.3 is 4.42 Å². The standard InChI is InChI=1S/C21H17ClN2O4S2/c1-2-30(26,27)17-8-5-14(6-9-17)20(25)24(13-16-4-3-11-28-16)21-23-18-10-7-15(22)12-19(18)29-21/h3-12H,2,13H2,1H3. The van der Waals surface area contributed by atoms with Gasteiger partial charge in [0.25, 0.3) is 5.91 Å². The maximum absolute atomic E-state index is 13.3. The number of carbonyl (C=O) groups is 1. The number of sulfone groups is 1. The molecule has 2 aromatic carbocycles. The summed E-state index contributed by atoms with van der Waals surface area (Å²) in [6.45, 7) is 1.77. The fraction of sp³-hybridized carbons (Fsp3) is 0.143. The van der Waals surface area contributed by atoms with E-state index in [1.165, 1.54) is 40.5 Å². The smallest absolute Gasteiger partial charge is 0.260 e. The van der Waals surface area contributed by atoms with Crippen LogP contribution in [0.25, 0.3) is 10.2 Å². The molecular weight excluding hydrogens is 444 g/mol. The van der Waals surface area contributed by atoms with Crippen LogP contribution in [-0.2, 0) is 16.4 Å².